The summed E-state index contributed by atoms with van der Waals surface area (Å²) in [6, 6.07) is 8.13. The van der Waals surface area contributed by atoms with E-state index in [0.29, 0.717) is 29.7 Å². The number of aliphatic imine (C=N–C) groups is 1. The van der Waals surface area contributed by atoms with Crippen molar-refractivity contribution in [2.45, 2.75) is 26.8 Å². The van der Waals surface area contributed by atoms with Crippen molar-refractivity contribution in [2.24, 2.45) is 10.9 Å². The van der Waals surface area contributed by atoms with Crippen LogP contribution in [0.2, 0.25) is 0 Å². The number of methoxy groups -OCH3 is 3. The molecule has 0 saturated carbocycles. The quantitative estimate of drug-likeness (QED) is 0.271. The van der Waals surface area contributed by atoms with Crippen molar-refractivity contribution in [3.63, 3.8) is 0 Å². The predicted molar refractivity (Wildman–Crippen MR) is 132 cm³/mol. The summed E-state index contributed by atoms with van der Waals surface area (Å²) in [6.45, 7) is 6.48. The van der Waals surface area contributed by atoms with Crippen LogP contribution in [0.5, 0.6) is 17.2 Å². The third-order valence-corrected chi connectivity index (χ3v) is 5.13. The predicted octanol–water partition coefficient (Wildman–Crippen LogP) is 4.33. The van der Waals surface area contributed by atoms with Gasteiger partial charge in [0.1, 0.15) is 0 Å². The number of nitrogens with one attached hydrogen (secondary N) is 2. The van der Waals surface area contributed by atoms with Crippen molar-refractivity contribution in [2.75, 3.05) is 34.4 Å². The molecule has 0 spiro atoms. The number of rotatable bonds is 10. The fraction of sp³-hybridized carbons (Fsp3) is 0.476. The lowest BCUT2D eigenvalue weighted by Gasteiger charge is -2.16. The third kappa shape index (κ3) is 7.93. The van der Waals surface area contributed by atoms with E-state index in [1.807, 2.05) is 12.1 Å². The molecule has 0 aliphatic rings. The molecule has 2 N–H and O–H groups in total. The molecular weight excluding hydrogens is 501 g/mol. The highest BCUT2D eigenvalue weighted by atomic mass is 127. The van der Waals surface area contributed by atoms with Crippen LogP contribution in [0.3, 0.4) is 0 Å². The highest BCUT2D eigenvalue weighted by molar-refractivity contribution is 14.0. The standard InChI is InChI=1S/C21H31N3O3S.HI/c1-6-22-21(23-13-15(2)10-17-8-7-9-28-17)24-14-16-11-18(25-3)20(27-5)19(12-16)26-4;/h7-9,11-12,15H,6,10,13-14H2,1-5H3,(H2,22,23,24);1H. The Morgan fingerprint density at radius 2 is 1.79 bits per heavy atom. The van der Waals surface area contributed by atoms with Gasteiger partial charge in [-0.2, -0.15) is 0 Å². The molecule has 6 nitrogen and oxygen atoms in total. The summed E-state index contributed by atoms with van der Waals surface area (Å²) in [5.41, 5.74) is 0.985. The van der Waals surface area contributed by atoms with Crippen molar-refractivity contribution < 1.29 is 14.2 Å². The lowest BCUT2D eigenvalue weighted by Crippen LogP contribution is -2.39. The minimum absolute atomic E-state index is 0. The Morgan fingerprint density at radius 3 is 2.31 bits per heavy atom. The van der Waals surface area contributed by atoms with Gasteiger partial charge in [0.25, 0.3) is 0 Å². The van der Waals surface area contributed by atoms with Gasteiger partial charge >= 0.3 is 0 Å². The van der Waals surface area contributed by atoms with Gasteiger partial charge in [0, 0.05) is 18.0 Å². The Hall–Kier alpha value is -1.68. The van der Waals surface area contributed by atoms with E-state index in [0.717, 1.165) is 31.0 Å². The monoisotopic (exact) mass is 533 g/mol. The van der Waals surface area contributed by atoms with E-state index in [4.69, 9.17) is 19.2 Å². The summed E-state index contributed by atoms with van der Waals surface area (Å²) < 4.78 is 16.2. The Balaban J connectivity index is 0.00000420. The number of benzene rings is 1. The van der Waals surface area contributed by atoms with Gasteiger partial charge in [0.05, 0.1) is 27.9 Å². The zero-order valence-electron chi connectivity index (χ0n) is 17.8. The second kappa shape index (κ2) is 13.5. The Kier molecular flexibility index (Phi) is 11.8. The molecule has 1 aromatic heterocycles. The van der Waals surface area contributed by atoms with E-state index >= 15 is 0 Å². The second-order valence-electron chi connectivity index (χ2n) is 6.50. The van der Waals surface area contributed by atoms with Crippen molar-refractivity contribution >= 4 is 41.3 Å². The van der Waals surface area contributed by atoms with Crippen LogP contribution >= 0.6 is 35.3 Å². The summed E-state index contributed by atoms with van der Waals surface area (Å²) in [5, 5.41) is 8.86. The molecular formula is C21H32IN3O3S. The molecule has 1 unspecified atom stereocenters. The molecule has 2 aromatic rings. The van der Waals surface area contributed by atoms with Gasteiger partial charge in [-0.15, -0.1) is 35.3 Å². The maximum absolute atomic E-state index is 5.42. The number of nitrogens with zero attached hydrogens (tertiary/aromatic N) is 1. The van der Waals surface area contributed by atoms with Gasteiger partial charge in [0.15, 0.2) is 17.5 Å². The topological polar surface area (TPSA) is 64.1 Å². The maximum Gasteiger partial charge on any atom is 0.203 e. The summed E-state index contributed by atoms with van der Waals surface area (Å²) in [4.78, 5) is 6.11. The van der Waals surface area contributed by atoms with Gasteiger partial charge in [-0.25, -0.2) is 4.99 Å². The second-order valence-corrected chi connectivity index (χ2v) is 7.53. The van der Waals surface area contributed by atoms with Crippen molar-refractivity contribution in [1.82, 2.24) is 10.6 Å². The lowest BCUT2D eigenvalue weighted by molar-refractivity contribution is 0.324. The normalized spacial score (nSPS) is 12.0. The first kappa shape index (κ1) is 25.4. The van der Waals surface area contributed by atoms with Crippen molar-refractivity contribution in [3.05, 3.63) is 40.1 Å². The van der Waals surface area contributed by atoms with Crippen LogP contribution in [-0.4, -0.2) is 40.4 Å². The van der Waals surface area contributed by atoms with Gasteiger partial charge in [0.2, 0.25) is 5.75 Å². The van der Waals surface area contributed by atoms with E-state index in [2.05, 4.69) is 42.0 Å². The maximum atomic E-state index is 5.42. The number of ether oxygens (including phenoxy) is 3. The third-order valence-electron chi connectivity index (χ3n) is 4.24. The molecule has 162 valence electrons. The van der Waals surface area contributed by atoms with E-state index < -0.39 is 0 Å². The number of thiophene rings is 1. The Labute approximate surface area is 195 Å². The molecule has 29 heavy (non-hydrogen) atoms. The first-order chi connectivity index (χ1) is 13.6. The van der Waals surface area contributed by atoms with Crippen LogP contribution < -0.4 is 24.8 Å². The van der Waals surface area contributed by atoms with Gasteiger partial charge in [-0.05, 0) is 48.4 Å². The molecule has 0 bridgehead atoms. The SMILES string of the molecule is CCNC(=NCc1cc(OC)c(OC)c(OC)c1)NCC(C)Cc1cccs1.I. The minimum Gasteiger partial charge on any atom is -0.493 e. The van der Waals surface area contributed by atoms with E-state index in [-0.39, 0.29) is 24.0 Å². The lowest BCUT2D eigenvalue weighted by atomic mass is 10.1. The van der Waals surface area contributed by atoms with E-state index in [1.165, 1.54) is 4.88 Å². The minimum atomic E-state index is 0. The van der Waals surface area contributed by atoms with Crippen LogP contribution in [0.1, 0.15) is 24.3 Å². The average Bonchev–Trinajstić information content (AvgIpc) is 3.21. The fourth-order valence-electron chi connectivity index (χ4n) is 2.85. The highest BCUT2D eigenvalue weighted by Gasteiger charge is 2.13. The van der Waals surface area contributed by atoms with Gasteiger partial charge in [-0.1, -0.05) is 13.0 Å². The first-order valence-electron chi connectivity index (χ1n) is 9.44. The number of guanidine groups is 1. The number of hydrogen-bond acceptors (Lipinski definition) is 5. The molecule has 1 aromatic carbocycles. The van der Waals surface area contributed by atoms with Crippen molar-refractivity contribution in [1.29, 1.82) is 0 Å². The zero-order valence-corrected chi connectivity index (χ0v) is 20.9. The van der Waals surface area contributed by atoms with Gasteiger partial charge < -0.3 is 24.8 Å². The van der Waals surface area contributed by atoms with Crippen LogP contribution in [0, 0.1) is 5.92 Å². The Bertz CT molecular complexity index is 729. The number of halogens is 1. The largest absolute Gasteiger partial charge is 0.493 e. The van der Waals surface area contributed by atoms with Crippen LogP contribution in [-0.2, 0) is 13.0 Å². The fourth-order valence-corrected chi connectivity index (χ4v) is 3.72. The molecule has 0 aliphatic carbocycles. The average molecular weight is 533 g/mol. The van der Waals surface area contributed by atoms with E-state index in [9.17, 15) is 0 Å². The molecule has 0 saturated heterocycles. The molecule has 0 fully saturated rings. The van der Waals surface area contributed by atoms with Crippen LogP contribution in [0.4, 0.5) is 0 Å². The Morgan fingerprint density at radius 1 is 1.10 bits per heavy atom. The molecule has 0 radical (unpaired) electrons. The van der Waals surface area contributed by atoms with Crippen LogP contribution in [0.25, 0.3) is 0 Å². The molecule has 1 heterocycles. The number of hydrogen-bond donors (Lipinski definition) is 2. The highest BCUT2D eigenvalue weighted by Crippen LogP contribution is 2.38. The smallest absolute Gasteiger partial charge is 0.203 e. The molecule has 1 atom stereocenters. The molecule has 0 amide bonds. The van der Waals surface area contributed by atoms with Gasteiger partial charge in [-0.3, -0.25) is 0 Å². The zero-order chi connectivity index (χ0) is 20.4. The summed E-state index contributed by atoms with van der Waals surface area (Å²) in [6.07, 6.45) is 1.07. The van der Waals surface area contributed by atoms with Crippen LogP contribution in [0.15, 0.2) is 34.6 Å². The van der Waals surface area contributed by atoms with Crippen molar-refractivity contribution in [3.8, 4) is 17.2 Å². The summed E-state index contributed by atoms with van der Waals surface area (Å²) in [5.74, 6) is 3.17. The summed E-state index contributed by atoms with van der Waals surface area (Å²) >= 11 is 1.81. The first-order valence-corrected chi connectivity index (χ1v) is 10.3. The molecule has 0 aliphatic heterocycles. The molecule has 8 heteroatoms. The molecule has 2 rings (SSSR count). The summed E-state index contributed by atoms with van der Waals surface area (Å²) in [7, 11) is 4.83. The van der Waals surface area contributed by atoms with E-state index in [1.54, 1.807) is 32.7 Å².